The first-order valence-electron chi connectivity index (χ1n) is 6.36. The largest absolute Gasteiger partial charge is 0.445 e. The highest BCUT2D eigenvalue weighted by molar-refractivity contribution is 5.67. The van der Waals surface area contributed by atoms with Crippen LogP contribution >= 0.6 is 0 Å². The number of benzene rings is 1. The number of carbonyl (C=O) groups excluding carboxylic acids is 1. The molecule has 2 rings (SSSR count). The highest BCUT2D eigenvalue weighted by Gasteiger charge is 2.34. The molecule has 1 N–H and O–H groups in total. The van der Waals surface area contributed by atoms with E-state index in [1.807, 2.05) is 0 Å². The Balaban J connectivity index is 2.04. The van der Waals surface area contributed by atoms with Crippen molar-refractivity contribution >= 4 is 6.09 Å². The van der Waals surface area contributed by atoms with Crippen LogP contribution in [-0.2, 0) is 17.5 Å². The lowest BCUT2D eigenvalue weighted by Crippen LogP contribution is -2.46. The summed E-state index contributed by atoms with van der Waals surface area (Å²) in [6.45, 7) is 1.56. The first-order valence-corrected chi connectivity index (χ1v) is 6.36. The lowest BCUT2D eigenvalue weighted by Gasteiger charge is -2.26. The van der Waals surface area contributed by atoms with Crippen LogP contribution in [0.1, 0.15) is 11.1 Å². The monoisotopic (exact) mass is 306 g/mol. The van der Waals surface area contributed by atoms with E-state index in [9.17, 15) is 22.4 Å². The van der Waals surface area contributed by atoms with E-state index in [2.05, 4.69) is 5.32 Å². The van der Waals surface area contributed by atoms with Gasteiger partial charge >= 0.3 is 12.3 Å². The average molecular weight is 306 g/mol. The molecule has 1 aliphatic rings. The van der Waals surface area contributed by atoms with Gasteiger partial charge in [-0.05, 0) is 12.1 Å². The molecule has 0 saturated carbocycles. The van der Waals surface area contributed by atoms with Crippen molar-refractivity contribution in [2.24, 2.45) is 0 Å². The van der Waals surface area contributed by atoms with Gasteiger partial charge in [-0.1, -0.05) is 6.07 Å². The molecule has 0 aromatic heterocycles. The quantitative estimate of drug-likeness (QED) is 0.853. The van der Waals surface area contributed by atoms with E-state index in [0.717, 1.165) is 12.1 Å². The van der Waals surface area contributed by atoms with E-state index in [1.54, 1.807) is 0 Å². The predicted molar refractivity (Wildman–Crippen MR) is 66.0 cm³/mol. The minimum atomic E-state index is -4.70. The number of ether oxygens (including phenoxy) is 1. The number of amides is 1. The SMILES string of the molecule is O=C(OCc1ccc(F)cc1C(F)(F)F)N1CCNCC1. The number of halogens is 4. The Hall–Kier alpha value is -1.83. The van der Waals surface area contributed by atoms with Crippen molar-refractivity contribution < 1.29 is 27.1 Å². The summed E-state index contributed by atoms with van der Waals surface area (Å²) < 4.78 is 56.2. The number of alkyl halides is 3. The number of piperazine rings is 1. The van der Waals surface area contributed by atoms with Crippen molar-refractivity contribution in [3.63, 3.8) is 0 Å². The number of nitrogens with one attached hydrogen (secondary N) is 1. The molecule has 0 spiro atoms. The molecular formula is C13H14F4N2O2. The molecule has 1 aliphatic heterocycles. The van der Waals surface area contributed by atoms with Crippen LogP contribution in [0, 0.1) is 5.82 Å². The second kappa shape index (κ2) is 6.30. The average Bonchev–Trinajstić information content (AvgIpc) is 2.45. The third kappa shape index (κ3) is 4.07. The molecule has 4 nitrogen and oxygen atoms in total. The molecule has 116 valence electrons. The summed E-state index contributed by atoms with van der Waals surface area (Å²) in [5.74, 6) is -0.987. The van der Waals surface area contributed by atoms with Gasteiger partial charge in [0.2, 0.25) is 0 Å². The van der Waals surface area contributed by atoms with Gasteiger partial charge in [-0.2, -0.15) is 13.2 Å². The van der Waals surface area contributed by atoms with Gasteiger partial charge in [0, 0.05) is 31.7 Å². The number of hydrogen-bond donors (Lipinski definition) is 1. The van der Waals surface area contributed by atoms with Crippen LogP contribution in [0.5, 0.6) is 0 Å². The fraction of sp³-hybridized carbons (Fsp3) is 0.462. The molecule has 8 heteroatoms. The summed E-state index contributed by atoms with van der Waals surface area (Å²) in [5, 5.41) is 3.04. The van der Waals surface area contributed by atoms with Crippen molar-refractivity contribution in [2.45, 2.75) is 12.8 Å². The first kappa shape index (κ1) is 15.6. The van der Waals surface area contributed by atoms with E-state index >= 15 is 0 Å². The molecule has 1 heterocycles. The summed E-state index contributed by atoms with van der Waals surface area (Å²) in [6.07, 6.45) is -5.37. The topological polar surface area (TPSA) is 41.6 Å². The van der Waals surface area contributed by atoms with Crippen LogP contribution in [0.3, 0.4) is 0 Å². The van der Waals surface area contributed by atoms with E-state index in [1.165, 1.54) is 4.90 Å². The van der Waals surface area contributed by atoms with Gasteiger partial charge in [0.05, 0.1) is 5.56 Å². The van der Waals surface area contributed by atoms with Crippen molar-refractivity contribution in [3.8, 4) is 0 Å². The zero-order valence-corrected chi connectivity index (χ0v) is 11.0. The molecule has 21 heavy (non-hydrogen) atoms. The zero-order valence-electron chi connectivity index (χ0n) is 11.0. The Bertz CT molecular complexity index is 513. The van der Waals surface area contributed by atoms with E-state index in [4.69, 9.17) is 4.74 Å². The molecule has 0 aliphatic carbocycles. The Labute approximate surface area is 118 Å². The maximum Gasteiger partial charge on any atom is 0.416 e. The molecule has 1 saturated heterocycles. The second-order valence-corrected chi connectivity index (χ2v) is 4.59. The molecule has 1 aromatic carbocycles. The maximum atomic E-state index is 12.9. The van der Waals surface area contributed by atoms with E-state index in [-0.39, 0.29) is 5.56 Å². The van der Waals surface area contributed by atoms with Gasteiger partial charge in [0.25, 0.3) is 0 Å². The minimum Gasteiger partial charge on any atom is -0.445 e. The molecule has 0 unspecified atom stereocenters. The summed E-state index contributed by atoms with van der Waals surface area (Å²) >= 11 is 0. The van der Waals surface area contributed by atoms with Gasteiger partial charge in [0.1, 0.15) is 12.4 Å². The smallest absolute Gasteiger partial charge is 0.416 e. The summed E-state index contributed by atoms with van der Waals surface area (Å²) in [4.78, 5) is 13.1. The number of hydrogen-bond acceptors (Lipinski definition) is 3. The molecule has 1 aromatic rings. The molecule has 0 bridgehead atoms. The van der Waals surface area contributed by atoms with Gasteiger partial charge in [-0.25, -0.2) is 9.18 Å². The highest BCUT2D eigenvalue weighted by Crippen LogP contribution is 2.32. The number of nitrogens with zero attached hydrogens (tertiary/aromatic N) is 1. The van der Waals surface area contributed by atoms with Gasteiger partial charge in [-0.15, -0.1) is 0 Å². The first-order chi connectivity index (χ1) is 9.88. The maximum absolute atomic E-state index is 12.9. The van der Waals surface area contributed by atoms with E-state index in [0.29, 0.717) is 32.2 Å². The summed E-state index contributed by atoms with van der Waals surface area (Å²) in [6, 6.07) is 2.28. The molecule has 1 fully saturated rings. The predicted octanol–water partition coefficient (Wildman–Crippen LogP) is 2.39. The van der Waals surface area contributed by atoms with Gasteiger partial charge in [-0.3, -0.25) is 0 Å². The third-order valence-electron chi connectivity index (χ3n) is 3.10. The lowest BCUT2D eigenvalue weighted by atomic mass is 10.1. The van der Waals surface area contributed by atoms with E-state index < -0.39 is 30.3 Å². The van der Waals surface area contributed by atoms with Gasteiger partial charge in [0.15, 0.2) is 0 Å². The third-order valence-corrected chi connectivity index (χ3v) is 3.10. The zero-order chi connectivity index (χ0) is 15.5. The molecule has 0 radical (unpaired) electrons. The standard InChI is InChI=1S/C13H14F4N2O2/c14-10-2-1-9(11(7-10)13(15,16)17)8-21-12(20)19-5-3-18-4-6-19/h1-2,7,18H,3-6,8H2. The normalized spacial score (nSPS) is 15.9. The Morgan fingerprint density at radius 3 is 2.57 bits per heavy atom. The van der Waals surface area contributed by atoms with Crippen LogP contribution in [0.25, 0.3) is 0 Å². The summed E-state index contributed by atoms with van der Waals surface area (Å²) in [7, 11) is 0. The Kier molecular flexibility index (Phi) is 4.66. The molecule has 1 amide bonds. The van der Waals surface area contributed by atoms with Crippen LogP contribution in [-0.4, -0.2) is 37.2 Å². The summed E-state index contributed by atoms with van der Waals surface area (Å²) in [5.41, 5.74) is -1.40. The van der Waals surface area contributed by atoms with Crippen LogP contribution in [0.2, 0.25) is 0 Å². The Morgan fingerprint density at radius 1 is 1.29 bits per heavy atom. The number of rotatable bonds is 2. The fourth-order valence-electron chi connectivity index (χ4n) is 2.02. The van der Waals surface area contributed by atoms with Crippen molar-refractivity contribution in [3.05, 3.63) is 35.1 Å². The molecule has 0 atom stereocenters. The van der Waals surface area contributed by atoms with Gasteiger partial charge < -0.3 is 15.0 Å². The van der Waals surface area contributed by atoms with Crippen LogP contribution < -0.4 is 5.32 Å². The number of carbonyl (C=O) groups is 1. The van der Waals surface area contributed by atoms with Crippen molar-refractivity contribution in [1.82, 2.24) is 10.2 Å². The van der Waals surface area contributed by atoms with Crippen molar-refractivity contribution in [1.29, 1.82) is 0 Å². The van der Waals surface area contributed by atoms with Crippen LogP contribution in [0.15, 0.2) is 18.2 Å². The second-order valence-electron chi connectivity index (χ2n) is 4.59. The molecular weight excluding hydrogens is 292 g/mol. The minimum absolute atomic E-state index is 0.271. The lowest BCUT2D eigenvalue weighted by molar-refractivity contribution is -0.138. The highest BCUT2D eigenvalue weighted by atomic mass is 19.4. The fourth-order valence-corrected chi connectivity index (χ4v) is 2.02. The van der Waals surface area contributed by atoms with Crippen LogP contribution in [0.4, 0.5) is 22.4 Å². The Morgan fingerprint density at radius 2 is 1.95 bits per heavy atom. The van der Waals surface area contributed by atoms with Crippen molar-refractivity contribution in [2.75, 3.05) is 26.2 Å².